The number of ether oxygens (including phenoxy) is 2. The van der Waals surface area contributed by atoms with Crippen LogP contribution in [0.1, 0.15) is 34.6 Å². The molecular weight excluding hydrogens is 448 g/mol. The summed E-state index contributed by atoms with van der Waals surface area (Å²) < 4.78 is 12.2. The number of thioether (sulfide) groups is 1. The first-order valence-electron chi connectivity index (χ1n) is 10.1. The number of carbonyl (C=O) groups is 2. The lowest BCUT2D eigenvalue weighted by molar-refractivity contribution is -0.113. The SMILES string of the molecule is CCOC(=O)c1c(NC(=O)CSc2nnc(-c3ccc(OC)cc3)n2C)sc(CC)c1C. The third kappa shape index (κ3) is 5.13. The topological polar surface area (TPSA) is 95.3 Å². The lowest BCUT2D eigenvalue weighted by Gasteiger charge is -2.07. The van der Waals surface area contributed by atoms with Gasteiger partial charge in [0.2, 0.25) is 5.91 Å². The first-order chi connectivity index (χ1) is 15.4. The van der Waals surface area contributed by atoms with Gasteiger partial charge in [0.15, 0.2) is 11.0 Å². The normalized spacial score (nSPS) is 10.8. The van der Waals surface area contributed by atoms with E-state index in [4.69, 9.17) is 9.47 Å². The van der Waals surface area contributed by atoms with Crippen molar-refractivity contribution >= 4 is 40.0 Å². The number of hydrogen-bond donors (Lipinski definition) is 1. The van der Waals surface area contributed by atoms with E-state index in [-0.39, 0.29) is 18.3 Å². The molecule has 1 N–H and O–H groups in total. The molecule has 0 aliphatic heterocycles. The van der Waals surface area contributed by atoms with Crippen LogP contribution in [-0.2, 0) is 23.0 Å². The number of nitrogens with zero attached hydrogens (tertiary/aromatic N) is 3. The zero-order valence-electron chi connectivity index (χ0n) is 18.7. The zero-order valence-corrected chi connectivity index (χ0v) is 20.4. The fraction of sp³-hybridized carbons (Fsp3) is 0.364. The van der Waals surface area contributed by atoms with Gasteiger partial charge in [-0.05, 0) is 50.1 Å². The second-order valence-corrected chi connectivity index (χ2v) is 8.91. The van der Waals surface area contributed by atoms with Crippen LogP contribution in [0.25, 0.3) is 11.4 Å². The molecule has 0 aliphatic carbocycles. The van der Waals surface area contributed by atoms with Gasteiger partial charge in [-0.25, -0.2) is 4.79 Å². The molecule has 170 valence electrons. The number of rotatable bonds is 9. The summed E-state index contributed by atoms with van der Waals surface area (Å²) in [7, 11) is 3.47. The Morgan fingerprint density at radius 2 is 1.91 bits per heavy atom. The van der Waals surface area contributed by atoms with E-state index in [9.17, 15) is 9.59 Å². The van der Waals surface area contributed by atoms with Gasteiger partial charge in [-0.3, -0.25) is 4.79 Å². The fourth-order valence-electron chi connectivity index (χ4n) is 3.16. The van der Waals surface area contributed by atoms with Gasteiger partial charge in [0.05, 0.1) is 25.0 Å². The molecule has 3 rings (SSSR count). The van der Waals surface area contributed by atoms with E-state index in [1.165, 1.54) is 23.1 Å². The molecule has 2 aromatic heterocycles. The van der Waals surface area contributed by atoms with Crippen molar-refractivity contribution < 1.29 is 19.1 Å². The number of anilines is 1. The highest BCUT2D eigenvalue weighted by molar-refractivity contribution is 7.99. The number of aryl methyl sites for hydroxylation is 1. The molecular formula is C22H26N4O4S2. The summed E-state index contributed by atoms with van der Waals surface area (Å²) in [5.41, 5.74) is 2.20. The van der Waals surface area contributed by atoms with E-state index in [2.05, 4.69) is 15.5 Å². The van der Waals surface area contributed by atoms with Crippen molar-refractivity contribution in [2.24, 2.45) is 7.05 Å². The molecule has 1 aromatic carbocycles. The van der Waals surface area contributed by atoms with Crippen molar-refractivity contribution in [3.63, 3.8) is 0 Å². The van der Waals surface area contributed by atoms with Gasteiger partial charge in [0.1, 0.15) is 10.8 Å². The van der Waals surface area contributed by atoms with Crippen LogP contribution in [0.4, 0.5) is 5.00 Å². The fourth-order valence-corrected chi connectivity index (χ4v) is 5.02. The standard InChI is InChI=1S/C22H26N4O4S2/c1-6-16-13(3)18(21(28)30-7-2)20(32-16)23-17(27)12-31-22-25-24-19(26(22)4)14-8-10-15(29-5)11-9-14/h8-11H,6-7,12H2,1-5H3,(H,23,27). The van der Waals surface area contributed by atoms with E-state index in [0.29, 0.717) is 21.5 Å². The Morgan fingerprint density at radius 1 is 1.19 bits per heavy atom. The summed E-state index contributed by atoms with van der Waals surface area (Å²) in [5.74, 6) is 0.954. The number of benzene rings is 1. The first kappa shape index (κ1) is 23.8. The monoisotopic (exact) mass is 474 g/mol. The van der Waals surface area contributed by atoms with Gasteiger partial charge in [0, 0.05) is 17.5 Å². The second kappa shape index (κ2) is 10.6. The highest BCUT2D eigenvalue weighted by Crippen LogP contribution is 2.34. The lowest BCUT2D eigenvalue weighted by Crippen LogP contribution is -2.16. The summed E-state index contributed by atoms with van der Waals surface area (Å²) in [4.78, 5) is 26.1. The molecule has 0 atom stereocenters. The number of thiophene rings is 1. The van der Waals surface area contributed by atoms with Crippen molar-refractivity contribution in [2.45, 2.75) is 32.3 Å². The maximum Gasteiger partial charge on any atom is 0.341 e. The number of methoxy groups -OCH3 is 1. The Bertz CT molecular complexity index is 1110. The van der Waals surface area contributed by atoms with Crippen LogP contribution in [0.15, 0.2) is 29.4 Å². The minimum atomic E-state index is -0.415. The summed E-state index contributed by atoms with van der Waals surface area (Å²) >= 11 is 2.69. The average molecular weight is 475 g/mol. The van der Waals surface area contributed by atoms with E-state index in [1.54, 1.807) is 14.0 Å². The van der Waals surface area contributed by atoms with Crippen molar-refractivity contribution in [2.75, 3.05) is 24.8 Å². The number of esters is 1. The molecule has 0 unspecified atom stereocenters. The molecule has 0 radical (unpaired) electrons. The largest absolute Gasteiger partial charge is 0.497 e. The van der Waals surface area contributed by atoms with Crippen LogP contribution < -0.4 is 10.1 Å². The minimum absolute atomic E-state index is 0.134. The molecule has 0 saturated heterocycles. The predicted molar refractivity (Wildman–Crippen MR) is 127 cm³/mol. The molecule has 0 aliphatic rings. The summed E-state index contributed by atoms with van der Waals surface area (Å²) in [6, 6.07) is 7.54. The Labute approximate surface area is 195 Å². The first-order valence-corrected chi connectivity index (χ1v) is 12.0. The molecule has 1 amide bonds. The third-order valence-corrected chi connectivity index (χ3v) is 7.19. The van der Waals surface area contributed by atoms with Crippen molar-refractivity contribution in [3.05, 3.63) is 40.3 Å². The number of amides is 1. The molecule has 0 bridgehead atoms. The lowest BCUT2D eigenvalue weighted by atomic mass is 10.1. The molecule has 0 saturated carbocycles. The maximum atomic E-state index is 12.6. The predicted octanol–water partition coefficient (Wildman–Crippen LogP) is 4.33. The Morgan fingerprint density at radius 3 is 2.53 bits per heavy atom. The average Bonchev–Trinajstić information content (AvgIpc) is 3.31. The summed E-state index contributed by atoms with van der Waals surface area (Å²) in [6.07, 6.45) is 0.778. The van der Waals surface area contributed by atoms with Crippen LogP contribution in [0.3, 0.4) is 0 Å². The minimum Gasteiger partial charge on any atom is -0.497 e. The highest BCUT2D eigenvalue weighted by atomic mass is 32.2. The van der Waals surface area contributed by atoms with Crippen molar-refractivity contribution in [1.82, 2.24) is 14.8 Å². The van der Waals surface area contributed by atoms with E-state index in [0.717, 1.165) is 28.2 Å². The van der Waals surface area contributed by atoms with Crippen LogP contribution in [0.2, 0.25) is 0 Å². The number of aromatic nitrogens is 3. The van der Waals surface area contributed by atoms with Crippen LogP contribution in [-0.4, -0.2) is 46.1 Å². The van der Waals surface area contributed by atoms with Gasteiger partial charge < -0.3 is 19.4 Å². The Balaban J connectivity index is 1.69. The van der Waals surface area contributed by atoms with E-state index < -0.39 is 5.97 Å². The molecule has 3 aromatic rings. The maximum absolute atomic E-state index is 12.6. The van der Waals surface area contributed by atoms with E-state index >= 15 is 0 Å². The molecule has 8 nitrogen and oxygen atoms in total. The van der Waals surface area contributed by atoms with Crippen molar-refractivity contribution in [3.8, 4) is 17.1 Å². The van der Waals surface area contributed by atoms with Crippen LogP contribution >= 0.6 is 23.1 Å². The Hall–Kier alpha value is -2.85. The third-order valence-electron chi connectivity index (χ3n) is 4.81. The highest BCUT2D eigenvalue weighted by Gasteiger charge is 2.23. The molecule has 0 fully saturated rings. The van der Waals surface area contributed by atoms with E-state index in [1.807, 2.05) is 49.7 Å². The zero-order chi connectivity index (χ0) is 23.3. The smallest absolute Gasteiger partial charge is 0.341 e. The summed E-state index contributed by atoms with van der Waals surface area (Å²) in [5, 5.41) is 12.5. The van der Waals surface area contributed by atoms with Gasteiger partial charge in [-0.1, -0.05) is 18.7 Å². The number of hydrogen-bond acceptors (Lipinski definition) is 8. The van der Waals surface area contributed by atoms with Gasteiger partial charge >= 0.3 is 5.97 Å². The quantitative estimate of drug-likeness (QED) is 0.364. The number of nitrogens with one attached hydrogen (secondary N) is 1. The summed E-state index contributed by atoms with van der Waals surface area (Å²) in [6.45, 7) is 5.94. The molecule has 10 heteroatoms. The van der Waals surface area contributed by atoms with Crippen LogP contribution in [0.5, 0.6) is 5.75 Å². The van der Waals surface area contributed by atoms with Gasteiger partial charge in [-0.2, -0.15) is 0 Å². The molecule has 2 heterocycles. The number of carbonyl (C=O) groups excluding carboxylic acids is 2. The van der Waals surface area contributed by atoms with Crippen LogP contribution in [0, 0.1) is 6.92 Å². The molecule has 0 spiro atoms. The molecule has 32 heavy (non-hydrogen) atoms. The van der Waals surface area contributed by atoms with Gasteiger partial charge in [-0.15, -0.1) is 21.5 Å². The van der Waals surface area contributed by atoms with Crippen molar-refractivity contribution in [1.29, 1.82) is 0 Å². The second-order valence-electron chi connectivity index (χ2n) is 6.86. The van der Waals surface area contributed by atoms with Gasteiger partial charge in [0.25, 0.3) is 0 Å². The Kier molecular flexibility index (Phi) is 7.92.